The lowest BCUT2D eigenvalue weighted by Crippen LogP contribution is -2.04. The summed E-state index contributed by atoms with van der Waals surface area (Å²) in [5, 5.41) is 10.7. The SMILES string of the molecule is COCc1cc(COS(C)(=O)=O)cc([N+](=O)[O-])c1. The summed E-state index contributed by atoms with van der Waals surface area (Å²) in [5.41, 5.74) is 0.858. The van der Waals surface area contributed by atoms with E-state index in [1.807, 2.05) is 0 Å². The van der Waals surface area contributed by atoms with Gasteiger partial charge in [-0.2, -0.15) is 8.42 Å². The largest absolute Gasteiger partial charge is 0.380 e. The average Bonchev–Trinajstić information content (AvgIpc) is 2.25. The highest BCUT2D eigenvalue weighted by Crippen LogP contribution is 2.19. The average molecular weight is 275 g/mol. The monoisotopic (exact) mass is 275 g/mol. The molecule has 0 atom stereocenters. The topological polar surface area (TPSA) is 95.7 Å². The van der Waals surface area contributed by atoms with Gasteiger partial charge in [0.15, 0.2) is 0 Å². The molecule has 7 nitrogen and oxygen atoms in total. The molecule has 0 aliphatic rings. The zero-order valence-electron chi connectivity index (χ0n) is 9.95. The van der Waals surface area contributed by atoms with E-state index < -0.39 is 15.0 Å². The minimum Gasteiger partial charge on any atom is -0.380 e. The molecular formula is C10H13NO6S. The van der Waals surface area contributed by atoms with E-state index in [4.69, 9.17) is 4.74 Å². The fourth-order valence-corrected chi connectivity index (χ4v) is 1.71. The van der Waals surface area contributed by atoms with Crippen molar-refractivity contribution in [2.75, 3.05) is 13.4 Å². The number of hydrogen-bond donors (Lipinski definition) is 0. The molecular weight excluding hydrogens is 262 g/mol. The molecule has 100 valence electrons. The van der Waals surface area contributed by atoms with Crippen LogP contribution in [-0.4, -0.2) is 26.7 Å². The summed E-state index contributed by atoms with van der Waals surface area (Å²) < 4.78 is 31.2. The van der Waals surface area contributed by atoms with Gasteiger partial charge in [-0.1, -0.05) is 6.07 Å². The van der Waals surface area contributed by atoms with E-state index in [0.29, 0.717) is 11.1 Å². The van der Waals surface area contributed by atoms with Crippen molar-refractivity contribution in [1.82, 2.24) is 0 Å². The smallest absolute Gasteiger partial charge is 0.270 e. The quantitative estimate of drug-likeness (QED) is 0.440. The Labute approximate surface area is 105 Å². The number of benzene rings is 1. The highest BCUT2D eigenvalue weighted by Gasteiger charge is 2.11. The van der Waals surface area contributed by atoms with E-state index in [2.05, 4.69) is 4.18 Å². The molecule has 0 saturated carbocycles. The van der Waals surface area contributed by atoms with Crippen LogP contribution in [0.2, 0.25) is 0 Å². The molecule has 8 heteroatoms. The van der Waals surface area contributed by atoms with Gasteiger partial charge in [0.1, 0.15) is 0 Å². The number of rotatable bonds is 6. The molecule has 0 heterocycles. The van der Waals surface area contributed by atoms with Crippen LogP contribution >= 0.6 is 0 Å². The van der Waals surface area contributed by atoms with Gasteiger partial charge in [-0.15, -0.1) is 0 Å². The Balaban J connectivity index is 2.99. The summed E-state index contributed by atoms with van der Waals surface area (Å²) in [7, 11) is -2.12. The number of nitro groups is 1. The fraction of sp³-hybridized carbons (Fsp3) is 0.400. The first kappa shape index (κ1) is 14.6. The Morgan fingerprint density at radius 1 is 1.22 bits per heavy atom. The molecule has 18 heavy (non-hydrogen) atoms. The number of methoxy groups -OCH3 is 1. The van der Waals surface area contributed by atoms with Crippen LogP contribution in [-0.2, 0) is 32.3 Å². The molecule has 0 bridgehead atoms. The second kappa shape index (κ2) is 5.89. The summed E-state index contributed by atoms with van der Waals surface area (Å²) >= 11 is 0. The Kier molecular flexibility index (Phi) is 4.76. The third-order valence-corrected chi connectivity index (χ3v) is 2.54. The van der Waals surface area contributed by atoms with Crippen LogP contribution < -0.4 is 0 Å². The third-order valence-electron chi connectivity index (χ3n) is 2.00. The van der Waals surface area contributed by atoms with Crippen LogP contribution in [0.1, 0.15) is 11.1 Å². The van der Waals surface area contributed by atoms with Gasteiger partial charge >= 0.3 is 0 Å². The molecule has 0 radical (unpaired) electrons. The Morgan fingerprint density at radius 2 is 1.78 bits per heavy atom. The highest BCUT2D eigenvalue weighted by atomic mass is 32.2. The van der Waals surface area contributed by atoms with E-state index in [9.17, 15) is 18.5 Å². The van der Waals surface area contributed by atoms with E-state index in [0.717, 1.165) is 6.26 Å². The molecule has 0 N–H and O–H groups in total. The van der Waals surface area contributed by atoms with Gasteiger partial charge in [-0.3, -0.25) is 14.3 Å². The van der Waals surface area contributed by atoms with Crippen LogP contribution in [0.4, 0.5) is 5.69 Å². The van der Waals surface area contributed by atoms with Gasteiger partial charge in [0.2, 0.25) is 0 Å². The normalized spacial score (nSPS) is 11.4. The lowest BCUT2D eigenvalue weighted by molar-refractivity contribution is -0.385. The minimum absolute atomic E-state index is 0.128. The van der Waals surface area contributed by atoms with Crippen molar-refractivity contribution in [1.29, 1.82) is 0 Å². The van der Waals surface area contributed by atoms with E-state index in [-0.39, 0.29) is 18.9 Å². The van der Waals surface area contributed by atoms with Crippen molar-refractivity contribution in [3.05, 3.63) is 39.4 Å². The zero-order valence-corrected chi connectivity index (χ0v) is 10.8. The second-order valence-corrected chi connectivity index (χ2v) is 5.31. The second-order valence-electron chi connectivity index (χ2n) is 3.66. The van der Waals surface area contributed by atoms with E-state index in [1.54, 1.807) is 6.07 Å². The van der Waals surface area contributed by atoms with Crippen LogP contribution in [0.5, 0.6) is 0 Å². The number of non-ortho nitro benzene ring substituents is 1. The van der Waals surface area contributed by atoms with Crippen molar-refractivity contribution >= 4 is 15.8 Å². The number of hydrogen-bond acceptors (Lipinski definition) is 6. The Morgan fingerprint density at radius 3 is 2.22 bits per heavy atom. The molecule has 0 aromatic heterocycles. The van der Waals surface area contributed by atoms with Crippen molar-refractivity contribution in [2.45, 2.75) is 13.2 Å². The summed E-state index contributed by atoms with van der Waals surface area (Å²) in [5.74, 6) is 0. The maximum absolute atomic E-state index is 10.9. The number of nitro benzene ring substituents is 1. The molecule has 0 spiro atoms. The maximum atomic E-state index is 10.9. The molecule has 0 fully saturated rings. The predicted octanol–water partition coefficient (Wildman–Crippen LogP) is 1.22. The zero-order chi connectivity index (χ0) is 13.8. The van der Waals surface area contributed by atoms with Gasteiger partial charge in [0, 0.05) is 19.2 Å². The molecule has 0 aliphatic carbocycles. The standard InChI is InChI=1S/C10H13NO6S/c1-16-6-8-3-9(7-17-18(2,14)15)5-10(4-8)11(12)13/h3-5H,6-7H2,1-2H3. The molecule has 1 aromatic carbocycles. The minimum atomic E-state index is -3.58. The summed E-state index contributed by atoms with van der Waals surface area (Å²) in [6.07, 6.45) is 0.917. The van der Waals surface area contributed by atoms with E-state index in [1.165, 1.54) is 19.2 Å². The number of nitrogens with zero attached hydrogens (tertiary/aromatic N) is 1. The fourth-order valence-electron chi connectivity index (χ4n) is 1.36. The summed E-state index contributed by atoms with van der Waals surface area (Å²) in [6.45, 7) is -0.0369. The van der Waals surface area contributed by atoms with Gasteiger partial charge < -0.3 is 4.74 Å². The van der Waals surface area contributed by atoms with Gasteiger partial charge in [-0.25, -0.2) is 0 Å². The van der Waals surface area contributed by atoms with Gasteiger partial charge in [-0.05, 0) is 11.1 Å². The van der Waals surface area contributed by atoms with Crippen molar-refractivity contribution in [3.8, 4) is 0 Å². The first-order valence-corrected chi connectivity index (χ1v) is 6.74. The first-order chi connectivity index (χ1) is 8.31. The Bertz CT molecular complexity index is 539. The molecule has 0 amide bonds. The molecule has 1 aromatic rings. The van der Waals surface area contributed by atoms with Crippen molar-refractivity contribution in [3.63, 3.8) is 0 Å². The van der Waals surface area contributed by atoms with Gasteiger partial charge in [0.05, 0.1) is 24.4 Å². The lowest BCUT2D eigenvalue weighted by Gasteiger charge is -2.05. The lowest BCUT2D eigenvalue weighted by atomic mass is 10.1. The predicted molar refractivity (Wildman–Crippen MR) is 63.4 cm³/mol. The summed E-state index contributed by atoms with van der Waals surface area (Å²) in [6, 6.07) is 4.24. The molecule has 1 rings (SSSR count). The highest BCUT2D eigenvalue weighted by molar-refractivity contribution is 7.85. The molecule has 0 saturated heterocycles. The van der Waals surface area contributed by atoms with Crippen LogP contribution in [0.25, 0.3) is 0 Å². The van der Waals surface area contributed by atoms with E-state index >= 15 is 0 Å². The first-order valence-electron chi connectivity index (χ1n) is 4.92. The van der Waals surface area contributed by atoms with Crippen molar-refractivity contribution < 1.29 is 22.3 Å². The molecule has 0 aliphatic heterocycles. The third kappa shape index (κ3) is 4.78. The van der Waals surface area contributed by atoms with Crippen molar-refractivity contribution in [2.24, 2.45) is 0 Å². The maximum Gasteiger partial charge on any atom is 0.270 e. The van der Waals surface area contributed by atoms with Crippen LogP contribution in [0.15, 0.2) is 18.2 Å². The summed E-state index contributed by atoms with van der Waals surface area (Å²) in [4.78, 5) is 10.2. The Hall–Kier alpha value is -1.51. The molecule has 0 unspecified atom stereocenters. The van der Waals surface area contributed by atoms with Crippen LogP contribution in [0, 0.1) is 10.1 Å². The van der Waals surface area contributed by atoms with Crippen LogP contribution in [0.3, 0.4) is 0 Å². The van der Waals surface area contributed by atoms with Gasteiger partial charge in [0.25, 0.3) is 15.8 Å². The number of ether oxygens (including phenoxy) is 1.